The van der Waals surface area contributed by atoms with Gasteiger partial charge in [-0.1, -0.05) is 278 Å². The molecule has 0 saturated heterocycles. The van der Waals surface area contributed by atoms with Crippen LogP contribution < -0.4 is 5.32 Å². The Balaban J connectivity index is 3.47. The number of aliphatic hydroxyl groups excluding tert-OH is 2. The van der Waals surface area contributed by atoms with Crippen molar-refractivity contribution >= 4 is 5.91 Å². The molecule has 0 aromatic carbocycles. The van der Waals surface area contributed by atoms with E-state index in [-0.39, 0.29) is 12.5 Å². The van der Waals surface area contributed by atoms with Crippen molar-refractivity contribution in [3.8, 4) is 0 Å². The van der Waals surface area contributed by atoms with E-state index in [9.17, 15) is 15.0 Å². The quantitative estimate of drug-likeness (QED) is 0.0421. The van der Waals surface area contributed by atoms with Crippen molar-refractivity contribution in [1.82, 2.24) is 5.32 Å². The Kier molecular flexibility index (Phi) is 53.3. The maximum Gasteiger partial charge on any atom is 0.220 e. The minimum Gasteiger partial charge on any atom is -0.394 e. The summed E-state index contributed by atoms with van der Waals surface area (Å²) in [6.07, 6.45) is 82.9. The van der Waals surface area contributed by atoms with Gasteiger partial charge in [0, 0.05) is 6.42 Å². The summed E-state index contributed by atoms with van der Waals surface area (Å²) in [5, 5.41) is 23.0. The first-order chi connectivity index (χ1) is 32.2. The molecule has 374 valence electrons. The lowest BCUT2D eigenvalue weighted by Crippen LogP contribution is -2.45. The number of hydrogen-bond donors (Lipinski definition) is 3. The van der Waals surface area contributed by atoms with E-state index >= 15 is 0 Å². The highest BCUT2D eigenvalue weighted by atomic mass is 16.3. The Morgan fingerprint density at radius 1 is 0.385 bits per heavy atom. The molecule has 4 nitrogen and oxygen atoms in total. The fraction of sp³-hybridized carbons (Fsp3) is 0.721. The molecule has 0 radical (unpaired) electrons. The molecule has 65 heavy (non-hydrogen) atoms. The fourth-order valence-corrected chi connectivity index (χ4v) is 8.10. The van der Waals surface area contributed by atoms with Gasteiger partial charge in [-0.05, 0) is 77.0 Å². The van der Waals surface area contributed by atoms with Crippen LogP contribution in [0.2, 0.25) is 0 Å². The number of carbonyl (C=O) groups excluding carboxylic acids is 1. The Hall–Kier alpha value is -2.69. The lowest BCUT2D eigenvalue weighted by Gasteiger charge is -2.20. The number of amides is 1. The van der Waals surface area contributed by atoms with E-state index in [1.165, 1.54) is 173 Å². The smallest absolute Gasteiger partial charge is 0.220 e. The number of unbranched alkanes of at least 4 members (excludes halogenated alkanes) is 29. The van der Waals surface area contributed by atoms with E-state index in [1.54, 1.807) is 6.08 Å². The zero-order valence-electron chi connectivity index (χ0n) is 43.0. The first kappa shape index (κ1) is 62.3. The summed E-state index contributed by atoms with van der Waals surface area (Å²) in [5.74, 6) is -0.0648. The first-order valence-electron chi connectivity index (χ1n) is 28.0. The number of rotatable bonds is 50. The van der Waals surface area contributed by atoms with Gasteiger partial charge in [-0.25, -0.2) is 0 Å². The lowest BCUT2D eigenvalue weighted by atomic mass is 10.0. The lowest BCUT2D eigenvalue weighted by molar-refractivity contribution is -0.123. The predicted octanol–water partition coefficient (Wildman–Crippen LogP) is 18.5. The van der Waals surface area contributed by atoms with Crippen molar-refractivity contribution in [2.45, 2.75) is 276 Å². The Labute approximate surface area is 404 Å². The summed E-state index contributed by atoms with van der Waals surface area (Å²) < 4.78 is 0. The van der Waals surface area contributed by atoms with Gasteiger partial charge in [0.05, 0.1) is 18.8 Å². The van der Waals surface area contributed by atoms with Crippen LogP contribution in [0.15, 0.2) is 97.2 Å². The van der Waals surface area contributed by atoms with Gasteiger partial charge in [0.15, 0.2) is 0 Å². The molecular weight excluding hydrogens is 795 g/mol. The standard InChI is InChI=1S/C61H107NO3/c1-3-5-7-9-11-13-15-17-18-19-20-21-22-23-24-25-26-27-28-29-30-31-32-33-34-35-36-37-38-39-40-41-42-43-44-45-47-49-51-53-55-57-61(65)62-59(58-63)60(64)56-54-52-50-48-46-16-14-12-10-8-6-4-2/h5,7,11,13,17-18,20-21,23-24,26-27,29-30,54,56,59-60,63-64H,3-4,6,8-10,12,14-16,19,22,25,28,31-53,55,57-58H2,1-2H3,(H,62,65)/b7-5-,13-11-,18-17-,21-20-,24-23-,27-26-,30-29-,56-54+. The third kappa shape index (κ3) is 52.1. The second-order valence-corrected chi connectivity index (χ2v) is 18.6. The summed E-state index contributed by atoms with van der Waals surface area (Å²) in [5.41, 5.74) is 0. The predicted molar refractivity (Wildman–Crippen MR) is 290 cm³/mol. The molecule has 0 aliphatic carbocycles. The molecule has 0 spiro atoms. The summed E-state index contributed by atoms with van der Waals surface area (Å²) in [6, 6.07) is -0.623. The van der Waals surface area contributed by atoms with Crippen LogP contribution in [-0.4, -0.2) is 34.9 Å². The summed E-state index contributed by atoms with van der Waals surface area (Å²) in [7, 11) is 0. The molecule has 1 amide bonds. The molecule has 3 N–H and O–H groups in total. The van der Waals surface area contributed by atoms with Gasteiger partial charge in [0.25, 0.3) is 0 Å². The molecule has 0 saturated carbocycles. The van der Waals surface area contributed by atoms with Gasteiger partial charge in [-0.2, -0.15) is 0 Å². The third-order valence-corrected chi connectivity index (χ3v) is 12.3. The number of allylic oxidation sites excluding steroid dienone is 15. The fourth-order valence-electron chi connectivity index (χ4n) is 8.10. The van der Waals surface area contributed by atoms with Crippen LogP contribution in [0.4, 0.5) is 0 Å². The molecule has 4 heteroatoms. The van der Waals surface area contributed by atoms with Crippen molar-refractivity contribution in [1.29, 1.82) is 0 Å². The summed E-state index contributed by atoms with van der Waals surface area (Å²) >= 11 is 0. The van der Waals surface area contributed by atoms with E-state index in [0.717, 1.165) is 70.6 Å². The average molecular weight is 903 g/mol. The van der Waals surface area contributed by atoms with Gasteiger partial charge in [-0.3, -0.25) is 4.79 Å². The number of nitrogens with one attached hydrogen (secondary N) is 1. The molecule has 0 fully saturated rings. The highest BCUT2D eigenvalue weighted by molar-refractivity contribution is 5.76. The van der Waals surface area contributed by atoms with Crippen molar-refractivity contribution < 1.29 is 15.0 Å². The largest absolute Gasteiger partial charge is 0.394 e. The van der Waals surface area contributed by atoms with Gasteiger partial charge in [-0.15, -0.1) is 0 Å². The van der Waals surface area contributed by atoms with E-state index in [0.29, 0.717) is 6.42 Å². The molecule has 0 rings (SSSR count). The zero-order valence-corrected chi connectivity index (χ0v) is 43.0. The second kappa shape index (κ2) is 55.6. The maximum atomic E-state index is 12.4. The highest BCUT2D eigenvalue weighted by Gasteiger charge is 2.18. The van der Waals surface area contributed by atoms with Crippen molar-refractivity contribution in [3.63, 3.8) is 0 Å². The topological polar surface area (TPSA) is 69.6 Å². The third-order valence-electron chi connectivity index (χ3n) is 12.3. The number of aliphatic hydroxyl groups is 2. The molecule has 0 aliphatic rings. The van der Waals surface area contributed by atoms with E-state index < -0.39 is 12.1 Å². The van der Waals surface area contributed by atoms with Gasteiger partial charge >= 0.3 is 0 Å². The Bertz CT molecular complexity index is 1210. The molecule has 0 heterocycles. The van der Waals surface area contributed by atoms with Gasteiger partial charge < -0.3 is 15.5 Å². The average Bonchev–Trinajstić information content (AvgIpc) is 3.31. The van der Waals surface area contributed by atoms with Crippen LogP contribution in [0.1, 0.15) is 264 Å². The first-order valence-corrected chi connectivity index (χ1v) is 28.0. The van der Waals surface area contributed by atoms with Gasteiger partial charge in [0.2, 0.25) is 5.91 Å². The minimum absolute atomic E-state index is 0.0648. The van der Waals surface area contributed by atoms with Crippen molar-refractivity contribution in [2.24, 2.45) is 0 Å². The highest BCUT2D eigenvalue weighted by Crippen LogP contribution is 2.16. The Morgan fingerprint density at radius 2 is 0.677 bits per heavy atom. The molecule has 2 atom stereocenters. The zero-order chi connectivity index (χ0) is 47.0. The molecule has 0 aromatic heterocycles. The number of carbonyl (C=O) groups is 1. The van der Waals surface area contributed by atoms with Crippen LogP contribution in [-0.2, 0) is 4.79 Å². The second-order valence-electron chi connectivity index (χ2n) is 18.6. The van der Waals surface area contributed by atoms with Gasteiger partial charge in [0.1, 0.15) is 0 Å². The normalized spacial score (nSPS) is 13.6. The van der Waals surface area contributed by atoms with Crippen LogP contribution in [0.5, 0.6) is 0 Å². The monoisotopic (exact) mass is 902 g/mol. The van der Waals surface area contributed by atoms with Crippen LogP contribution in [0, 0.1) is 0 Å². The van der Waals surface area contributed by atoms with Crippen molar-refractivity contribution in [2.75, 3.05) is 6.61 Å². The Morgan fingerprint density at radius 3 is 1.02 bits per heavy atom. The van der Waals surface area contributed by atoms with E-state index in [2.05, 4.69) is 104 Å². The molecular formula is C61H107NO3. The van der Waals surface area contributed by atoms with Crippen molar-refractivity contribution in [3.05, 3.63) is 97.2 Å². The van der Waals surface area contributed by atoms with Crippen LogP contribution in [0.25, 0.3) is 0 Å². The van der Waals surface area contributed by atoms with Crippen LogP contribution in [0.3, 0.4) is 0 Å². The summed E-state index contributed by atoms with van der Waals surface area (Å²) in [4.78, 5) is 12.4. The van der Waals surface area contributed by atoms with E-state index in [1.807, 2.05) is 6.08 Å². The molecule has 0 aromatic rings. The van der Waals surface area contributed by atoms with E-state index in [4.69, 9.17) is 0 Å². The number of hydrogen-bond acceptors (Lipinski definition) is 3. The van der Waals surface area contributed by atoms with Crippen LogP contribution >= 0.6 is 0 Å². The molecule has 0 bridgehead atoms. The maximum absolute atomic E-state index is 12.4. The minimum atomic E-state index is -0.840. The summed E-state index contributed by atoms with van der Waals surface area (Å²) in [6.45, 7) is 4.19. The molecule has 0 aliphatic heterocycles. The SMILES string of the molecule is CC/C=C\C/C=C\C/C=C\C/C=C\C/C=C\C/C=C\C/C=C\CCCCCCCCCCCCCCCCCCCCCC(=O)NC(CO)C(O)/C=C/CCCCCCCCCCCC. The molecule has 2 unspecified atom stereocenters.